The summed E-state index contributed by atoms with van der Waals surface area (Å²) in [6.07, 6.45) is 2.32. The second-order valence-corrected chi connectivity index (χ2v) is 7.64. The van der Waals surface area contributed by atoms with E-state index >= 15 is 0 Å². The van der Waals surface area contributed by atoms with Crippen LogP contribution < -0.4 is 0 Å². The quantitative estimate of drug-likeness (QED) is 0.643. The van der Waals surface area contributed by atoms with Gasteiger partial charge in [-0.3, -0.25) is 4.79 Å². The molecule has 0 radical (unpaired) electrons. The van der Waals surface area contributed by atoms with Crippen molar-refractivity contribution in [3.8, 4) is 5.75 Å². The maximum atomic E-state index is 12.4. The van der Waals surface area contributed by atoms with E-state index in [0.29, 0.717) is 5.56 Å². The minimum absolute atomic E-state index is 0.0118. The van der Waals surface area contributed by atoms with E-state index in [0.717, 1.165) is 34.7 Å². The highest BCUT2D eigenvalue weighted by molar-refractivity contribution is 9.10. The van der Waals surface area contributed by atoms with E-state index in [9.17, 15) is 9.90 Å². The van der Waals surface area contributed by atoms with Gasteiger partial charge in [0.1, 0.15) is 10.1 Å². The van der Waals surface area contributed by atoms with Gasteiger partial charge in [-0.1, -0.05) is 39.9 Å². The summed E-state index contributed by atoms with van der Waals surface area (Å²) in [5, 5.41) is 9.50. The Balaban J connectivity index is 2.04. The summed E-state index contributed by atoms with van der Waals surface area (Å²) in [4.78, 5) is 14.5. The van der Waals surface area contributed by atoms with E-state index in [2.05, 4.69) is 20.8 Å². The normalized spacial score (nSPS) is 16.2. The van der Waals surface area contributed by atoms with Crippen molar-refractivity contribution in [2.45, 2.75) is 25.0 Å². The lowest BCUT2D eigenvalue weighted by atomic mass is 10.1. The molecule has 20 heavy (non-hydrogen) atoms. The van der Waals surface area contributed by atoms with Crippen molar-refractivity contribution in [3.05, 3.63) is 28.2 Å². The maximum Gasteiger partial charge on any atom is 0.179 e. The van der Waals surface area contributed by atoms with Crippen molar-refractivity contribution in [3.63, 3.8) is 0 Å². The highest BCUT2D eigenvalue weighted by atomic mass is 79.9. The fourth-order valence-corrected chi connectivity index (χ4v) is 3.95. The van der Waals surface area contributed by atoms with Crippen molar-refractivity contribution in [1.82, 2.24) is 4.90 Å². The number of thiocarbonyl (C=S) groups is 1. The third-order valence-corrected chi connectivity index (χ3v) is 5.30. The molecule has 1 saturated heterocycles. The number of likely N-dealkylation sites (tertiary alicyclic amines) is 1. The predicted octanol–water partition coefficient (Wildman–Crippen LogP) is 3.84. The number of carbonyl (C=O) groups is 1. The van der Waals surface area contributed by atoms with Crippen LogP contribution in [0.15, 0.2) is 22.7 Å². The second-order valence-electron chi connectivity index (χ2n) is 4.75. The molecule has 0 aliphatic carbocycles. The van der Waals surface area contributed by atoms with Gasteiger partial charge in [0.25, 0.3) is 0 Å². The lowest BCUT2D eigenvalue weighted by molar-refractivity contribution is 0.0991. The highest BCUT2D eigenvalue weighted by Gasteiger charge is 2.24. The Morgan fingerprint density at radius 1 is 1.45 bits per heavy atom. The Bertz CT molecular complexity index is 530. The number of phenols is 1. The van der Waals surface area contributed by atoms with Gasteiger partial charge in [-0.05, 0) is 38.0 Å². The smallest absolute Gasteiger partial charge is 0.179 e. The number of phenolic OH excluding ortho intramolecular Hbond substituents is 1. The molecule has 0 aromatic heterocycles. The van der Waals surface area contributed by atoms with E-state index in [4.69, 9.17) is 12.2 Å². The van der Waals surface area contributed by atoms with Crippen LogP contribution in [0.3, 0.4) is 0 Å². The molecule has 1 aliphatic heterocycles. The van der Waals surface area contributed by atoms with Crippen molar-refractivity contribution < 1.29 is 9.90 Å². The summed E-state index contributed by atoms with van der Waals surface area (Å²) in [5.74, 6) is -0.0897. The molecule has 0 spiro atoms. The Hall–Kier alpha value is -0.590. The number of thioether (sulfide) groups is 1. The molecule has 0 unspecified atom stereocenters. The first-order valence-corrected chi connectivity index (χ1v) is 8.55. The number of halogens is 1. The Kier molecular flexibility index (Phi) is 5.46. The lowest BCUT2D eigenvalue weighted by Crippen LogP contribution is -2.27. The highest BCUT2D eigenvalue weighted by Crippen LogP contribution is 2.28. The summed E-state index contributed by atoms with van der Waals surface area (Å²) in [6, 6.07) is 4.87. The summed E-state index contributed by atoms with van der Waals surface area (Å²) in [7, 11) is 0. The molecular weight excluding hydrogens is 358 g/mol. The minimum Gasteiger partial charge on any atom is -0.507 e. The lowest BCUT2D eigenvalue weighted by Gasteiger charge is -2.20. The number of benzene rings is 1. The molecule has 108 valence electrons. The SMILES string of the molecule is C[C@@H](SC(=S)N1CCCC1)C(=O)c1cc(Br)ccc1O. The summed E-state index contributed by atoms with van der Waals surface area (Å²) >= 11 is 10.1. The number of nitrogens with zero attached hydrogens (tertiary/aromatic N) is 1. The molecule has 6 heteroatoms. The van der Waals surface area contributed by atoms with E-state index in [1.807, 2.05) is 6.92 Å². The van der Waals surface area contributed by atoms with Crippen LogP contribution in [0, 0.1) is 0 Å². The van der Waals surface area contributed by atoms with Crippen LogP contribution in [0.25, 0.3) is 0 Å². The summed E-state index contributed by atoms with van der Waals surface area (Å²) in [5.41, 5.74) is 0.337. The molecule has 1 aromatic carbocycles. The van der Waals surface area contributed by atoms with Gasteiger partial charge >= 0.3 is 0 Å². The van der Waals surface area contributed by atoms with E-state index in [1.165, 1.54) is 17.8 Å². The van der Waals surface area contributed by atoms with Gasteiger partial charge in [-0.15, -0.1) is 0 Å². The first-order valence-electron chi connectivity index (χ1n) is 6.47. The van der Waals surface area contributed by atoms with Crippen LogP contribution in [-0.2, 0) is 0 Å². The molecule has 2 rings (SSSR count). The first kappa shape index (κ1) is 15.8. The zero-order valence-electron chi connectivity index (χ0n) is 11.1. The van der Waals surface area contributed by atoms with E-state index < -0.39 is 0 Å². The molecule has 1 aliphatic rings. The van der Waals surface area contributed by atoms with Gasteiger partial charge in [-0.2, -0.15) is 0 Å². The number of hydrogen-bond acceptors (Lipinski definition) is 4. The fraction of sp³-hybridized carbons (Fsp3) is 0.429. The molecule has 1 heterocycles. The Labute approximate surface area is 136 Å². The van der Waals surface area contributed by atoms with Gasteiger partial charge < -0.3 is 10.0 Å². The maximum absolute atomic E-state index is 12.4. The van der Waals surface area contributed by atoms with Crippen molar-refractivity contribution >= 4 is 50.0 Å². The van der Waals surface area contributed by atoms with Gasteiger partial charge in [0.15, 0.2) is 5.78 Å². The first-order chi connectivity index (χ1) is 9.49. The molecule has 0 amide bonds. The van der Waals surface area contributed by atoms with Crippen molar-refractivity contribution in [2.75, 3.05) is 13.1 Å². The predicted molar refractivity (Wildman–Crippen MR) is 90.6 cm³/mol. The van der Waals surface area contributed by atoms with E-state index in [-0.39, 0.29) is 16.8 Å². The molecule has 1 aromatic rings. The monoisotopic (exact) mass is 373 g/mol. The third-order valence-electron chi connectivity index (χ3n) is 3.24. The number of aromatic hydroxyl groups is 1. The van der Waals surface area contributed by atoms with Gasteiger partial charge in [0.05, 0.1) is 10.8 Å². The van der Waals surface area contributed by atoms with Crippen LogP contribution in [-0.4, -0.2) is 38.4 Å². The van der Waals surface area contributed by atoms with Crippen LogP contribution >= 0.6 is 39.9 Å². The molecule has 1 fully saturated rings. The van der Waals surface area contributed by atoms with E-state index in [1.54, 1.807) is 12.1 Å². The third kappa shape index (κ3) is 3.74. The molecule has 1 N–H and O–H groups in total. The molecule has 0 bridgehead atoms. The Morgan fingerprint density at radius 3 is 2.75 bits per heavy atom. The number of carbonyl (C=O) groups excluding carboxylic acids is 1. The number of rotatable bonds is 3. The van der Waals surface area contributed by atoms with Crippen LogP contribution in [0.2, 0.25) is 0 Å². The summed E-state index contributed by atoms with van der Waals surface area (Å²) < 4.78 is 1.55. The van der Waals surface area contributed by atoms with Gasteiger partial charge in [0, 0.05) is 17.6 Å². The van der Waals surface area contributed by atoms with Gasteiger partial charge in [-0.25, -0.2) is 0 Å². The van der Waals surface area contributed by atoms with Crippen molar-refractivity contribution in [2.24, 2.45) is 0 Å². The number of Topliss-reactive ketones (excluding diaryl/α,β-unsaturated/α-hetero) is 1. The average molecular weight is 374 g/mol. The summed E-state index contributed by atoms with van der Waals surface area (Å²) in [6.45, 7) is 3.79. The van der Waals surface area contributed by atoms with Crippen LogP contribution in [0.4, 0.5) is 0 Å². The standard InChI is InChI=1S/C14H16BrNO2S2/c1-9(20-14(19)16-6-2-3-7-16)13(18)11-8-10(15)4-5-12(11)17/h4-5,8-9,17H,2-3,6-7H2,1H3/t9-/m1/s1. The number of hydrogen-bond donors (Lipinski definition) is 1. The molecule has 3 nitrogen and oxygen atoms in total. The Morgan fingerprint density at radius 2 is 2.10 bits per heavy atom. The number of ketones is 1. The van der Waals surface area contributed by atoms with Crippen molar-refractivity contribution in [1.29, 1.82) is 0 Å². The molecule has 1 atom stereocenters. The zero-order valence-corrected chi connectivity index (χ0v) is 14.4. The average Bonchev–Trinajstić information content (AvgIpc) is 2.94. The van der Waals surface area contributed by atoms with Crippen LogP contribution in [0.1, 0.15) is 30.1 Å². The molecular formula is C14H16BrNO2S2. The largest absolute Gasteiger partial charge is 0.507 e. The fourth-order valence-electron chi connectivity index (χ4n) is 2.10. The van der Waals surface area contributed by atoms with Crippen LogP contribution in [0.5, 0.6) is 5.75 Å². The zero-order chi connectivity index (χ0) is 14.7. The topological polar surface area (TPSA) is 40.5 Å². The second kappa shape index (κ2) is 6.91. The van der Waals surface area contributed by atoms with Gasteiger partial charge in [0.2, 0.25) is 0 Å². The molecule has 0 saturated carbocycles. The minimum atomic E-state index is -0.303.